The van der Waals surface area contributed by atoms with Crippen LogP contribution < -0.4 is 14.4 Å². The van der Waals surface area contributed by atoms with Crippen molar-refractivity contribution in [1.82, 2.24) is 10.2 Å². The number of hydrogen-bond acceptors (Lipinski definition) is 5. The third-order valence-electron chi connectivity index (χ3n) is 7.79. The van der Waals surface area contributed by atoms with E-state index in [0.29, 0.717) is 18.6 Å². The fourth-order valence-electron chi connectivity index (χ4n) is 5.51. The molecule has 0 heterocycles. The van der Waals surface area contributed by atoms with Crippen molar-refractivity contribution in [2.45, 2.75) is 68.8 Å². The van der Waals surface area contributed by atoms with E-state index in [1.54, 1.807) is 47.4 Å². The van der Waals surface area contributed by atoms with E-state index in [2.05, 4.69) is 5.32 Å². The zero-order valence-corrected chi connectivity index (χ0v) is 25.3. The number of sulfonamides is 1. The first kappa shape index (κ1) is 31.1. The normalized spacial score (nSPS) is 14.5. The molecule has 1 N–H and O–H groups in total. The highest BCUT2D eigenvalue weighted by atomic mass is 32.2. The third kappa shape index (κ3) is 7.70. The molecule has 1 atom stereocenters. The van der Waals surface area contributed by atoms with Crippen LogP contribution in [0.1, 0.15) is 51.0 Å². The molecular formula is C33H41N3O5S. The lowest BCUT2D eigenvalue weighted by Gasteiger charge is -2.34. The number of ether oxygens (including phenoxy) is 1. The average molecular weight is 592 g/mol. The molecule has 3 aromatic carbocycles. The fraction of sp³-hybridized carbons (Fsp3) is 0.394. The van der Waals surface area contributed by atoms with Crippen LogP contribution in [0, 0.1) is 0 Å². The number of carbonyl (C=O) groups is 2. The van der Waals surface area contributed by atoms with Crippen LogP contribution in [-0.4, -0.2) is 57.4 Å². The summed E-state index contributed by atoms with van der Waals surface area (Å²) in [4.78, 5) is 29.4. The Balaban J connectivity index is 1.68. The van der Waals surface area contributed by atoms with Crippen molar-refractivity contribution < 1.29 is 22.7 Å². The second-order valence-corrected chi connectivity index (χ2v) is 12.4. The lowest BCUT2D eigenvalue weighted by molar-refractivity contribution is -0.140. The minimum Gasteiger partial charge on any atom is -0.495 e. The zero-order valence-electron chi connectivity index (χ0n) is 24.4. The van der Waals surface area contributed by atoms with Gasteiger partial charge < -0.3 is 15.0 Å². The van der Waals surface area contributed by atoms with Crippen molar-refractivity contribution in [1.29, 1.82) is 0 Å². The van der Waals surface area contributed by atoms with Gasteiger partial charge in [-0.1, -0.05) is 86.8 Å². The van der Waals surface area contributed by atoms with Gasteiger partial charge in [0.05, 0.1) is 17.7 Å². The number of rotatable bonds is 13. The van der Waals surface area contributed by atoms with Crippen LogP contribution in [0.3, 0.4) is 0 Å². The van der Waals surface area contributed by atoms with E-state index in [0.717, 1.165) is 35.6 Å². The molecule has 0 radical (unpaired) electrons. The summed E-state index contributed by atoms with van der Waals surface area (Å²) < 4.78 is 34.6. The molecule has 42 heavy (non-hydrogen) atoms. The molecule has 1 aliphatic rings. The van der Waals surface area contributed by atoms with Crippen molar-refractivity contribution >= 4 is 27.5 Å². The van der Waals surface area contributed by atoms with Gasteiger partial charge in [-0.25, -0.2) is 8.42 Å². The third-order valence-corrected chi connectivity index (χ3v) is 9.56. The number of methoxy groups -OCH3 is 1. The maximum absolute atomic E-state index is 14.2. The molecule has 1 fully saturated rings. The molecule has 0 saturated heterocycles. The monoisotopic (exact) mass is 591 g/mol. The highest BCUT2D eigenvalue weighted by Crippen LogP contribution is 2.32. The van der Waals surface area contributed by atoms with Crippen LogP contribution >= 0.6 is 0 Å². The fourth-order valence-corrected chi connectivity index (χ4v) is 6.95. The van der Waals surface area contributed by atoms with Crippen LogP contribution in [-0.2, 0) is 26.0 Å². The van der Waals surface area contributed by atoms with Gasteiger partial charge in [-0.2, -0.15) is 0 Å². The number of anilines is 1. The van der Waals surface area contributed by atoms with Gasteiger partial charge in [0.2, 0.25) is 11.8 Å². The SMILES string of the molecule is CC[C@@H](C(=O)NC1CCCCC1)N(CCc1ccccc1)C(=O)CN(c1ccccc1OC)S(=O)(=O)c1ccccc1. The molecule has 0 unspecified atom stereocenters. The molecule has 0 bridgehead atoms. The Kier molecular flexibility index (Phi) is 11.0. The molecular weight excluding hydrogens is 550 g/mol. The number of para-hydroxylation sites is 2. The van der Waals surface area contributed by atoms with Gasteiger partial charge in [-0.15, -0.1) is 0 Å². The summed E-state index contributed by atoms with van der Waals surface area (Å²) in [5.41, 5.74) is 1.27. The first-order valence-corrected chi connectivity index (χ1v) is 16.1. The Morgan fingerprint density at radius 3 is 2.17 bits per heavy atom. The number of carbonyl (C=O) groups excluding carboxylic acids is 2. The summed E-state index contributed by atoms with van der Waals surface area (Å²) in [5.74, 6) is -0.328. The summed E-state index contributed by atoms with van der Waals surface area (Å²) in [5, 5.41) is 3.18. The van der Waals surface area contributed by atoms with E-state index in [-0.39, 0.29) is 29.1 Å². The maximum atomic E-state index is 14.2. The molecule has 0 aromatic heterocycles. The predicted octanol–water partition coefficient (Wildman–Crippen LogP) is 5.19. The minimum atomic E-state index is -4.15. The molecule has 1 aliphatic carbocycles. The smallest absolute Gasteiger partial charge is 0.264 e. The molecule has 0 spiro atoms. The van der Waals surface area contributed by atoms with Crippen molar-refractivity contribution in [2.24, 2.45) is 0 Å². The van der Waals surface area contributed by atoms with Gasteiger partial charge in [0.25, 0.3) is 10.0 Å². The van der Waals surface area contributed by atoms with Gasteiger partial charge in [-0.3, -0.25) is 13.9 Å². The molecule has 2 amide bonds. The van der Waals surface area contributed by atoms with Crippen LogP contribution in [0.25, 0.3) is 0 Å². The Hall–Kier alpha value is -3.85. The zero-order chi connectivity index (χ0) is 30.0. The van der Waals surface area contributed by atoms with Gasteiger partial charge in [0, 0.05) is 12.6 Å². The number of nitrogens with zero attached hydrogens (tertiary/aromatic N) is 2. The molecule has 1 saturated carbocycles. The van der Waals surface area contributed by atoms with E-state index in [9.17, 15) is 18.0 Å². The van der Waals surface area contributed by atoms with E-state index < -0.39 is 28.5 Å². The molecule has 4 rings (SSSR count). The molecule has 224 valence electrons. The second kappa shape index (κ2) is 14.9. The molecule has 8 nitrogen and oxygen atoms in total. The van der Waals surface area contributed by atoms with Crippen LogP contribution in [0.4, 0.5) is 5.69 Å². The standard InChI is InChI=1S/C33H41N3O5S/c1-3-29(33(38)34-27-17-9-5-10-18-27)35(24-23-26-15-7-4-8-16-26)32(37)25-36(30-21-13-14-22-31(30)41-2)42(39,40)28-19-11-6-12-20-28/h4,6-8,11-16,19-22,27,29H,3,5,9-10,17-18,23-25H2,1-2H3,(H,34,38)/t29-/m0/s1. The van der Waals surface area contributed by atoms with Crippen molar-refractivity contribution in [2.75, 3.05) is 24.5 Å². The Morgan fingerprint density at radius 2 is 1.52 bits per heavy atom. The largest absolute Gasteiger partial charge is 0.495 e. The average Bonchev–Trinajstić information content (AvgIpc) is 3.03. The van der Waals surface area contributed by atoms with Crippen LogP contribution in [0.5, 0.6) is 5.75 Å². The van der Waals surface area contributed by atoms with Crippen LogP contribution in [0.15, 0.2) is 89.8 Å². The molecule has 0 aliphatic heterocycles. The Morgan fingerprint density at radius 1 is 0.905 bits per heavy atom. The van der Waals surface area contributed by atoms with Gasteiger partial charge in [-0.05, 0) is 55.5 Å². The van der Waals surface area contributed by atoms with Gasteiger partial charge in [0.15, 0.2) is 0 Å². The topological polar surface area (TPSA) is 96.0 Å². The summed E-state index contributed by atoms with van der Waals surface area (Å²) in [7, 11) is -2.69. The van der Waals surface area contributed by atoms with Crippen molar-refractivity contribution in [3.63, 3.8) is 0 Å². The number of benzene rings is 3. The highest BCUT2D eigenvalue weighted by molar-refractivity contribution is 7.92. The first-order valence-electron chi connectivity index (χ1n) is 14.7. The molecule has 9 heteroatoms. The van der Waals surface area contributed by atoms with Gasteiger partial charge in [0.1, 0.15) is 18.3 Å². The first-order chi connectivity index (χ1) is 20.3. The summed E-state index contributed by atoms with van der Waals surface area (Å²) in [6.45, 7) is 1.66. The number of nitrogens with one attached hydrogen (secondary N) is 1. The van der Waals surface area contributed by atoms with Crippen molar-refractivity contribution in [3.05, 3.63) is 90.5 Å². The van der Waals surface area contributed by atoms with E-state index in [1.165, 1.54) is 25.7 Å². The lowest BCUT2D eigenvalue weighted by Crippen LogP contribution is -2.54. The van der Waals surface area contributed by atoms with Crippen molar-refractivity contribution in [3.8, 4) is 5.75 Å². The Bertz CT molecular complexity index is 1410. The molecule has 3 aromatic rings. The summed E-state index contributed by atoms with van der Waals surface area (Å²) >= 11 is 0. The Labute approximate surface area is 249 Å². The van der Waals surface area contributed by atoms with Gasteiger partial charge >= 0.3 is 0 Å². The number of hydrogen-bond donors (Lipinski definition) is 1. The van der Waals surface area contributed by atoms with E-state index >= 15 is 0 Å². The second-order valence-electron chi connectivity index (χ2n) is 10.6. The van der Waals surface area contributed by atoms with E-state index in [1.807, 2.05) is 37.3 Å². The van der Waals surface area contributed by atoms with Crippen LogP contribution in [0.2, 0.25) is 0 Å². The maximum Gasteiger partial charge on any atom is 0.264 e. The quantitative estimate of drug-likeness (QED) is 0.295. The van der Waals surface area contributed by atoms with E-state index in [4.69, 9.17) is 4.74 Å². The lowest BCUT2D eigenvalue weighted by atomic mass is 9.95. The minimum absolute atomic E-state index is 0.0571. The summed E-state index contributed by atoms with van der Waals surface area (Å²) in [6, 6.07) is 23.9. The summed E-state index contributed by atoms with van der Waals surface area (Å²) in [6.07, 6.45) is 6.10. The highest BCUT2D eigenvalue weighted by Gasteiger charge is 2.35. The number of amides is 2. The predicted molar refractivity (Wildman–Crippen MR) is 165 cm³/mol.